The molecule has 0 aromatic heterocycles. The summed E-state index contributed by atoms with van der Waals surface area (Å²) in [6, 6.07) is 0. The topological polar surface area (TPSA) is 9.23 Å². The molecule has 1 spiro atoms. The monoisotopic (exact) mass is 224 g/mol. The second-order valence-electron chi connectivity index (χ2n) is 6.98. The summed E-state index contributed by atoms with van der Waals surface area (Å²) in [6.45, 7) is 11.6. The van der Waals surface area contributed by atoms with E-state index in [1.807, 2.05) is 0 Å². The minimum atomic E-state index is 0.575. The summed E-state index contributed by atoms with van der Waals surface area (Å²) in [5.41, 5.74) is 0.575. The van der Waals surface area contributed by atoms with Crippen molar-refractivity contribution in [2.45, 2.75) is 53.4 Å². The van der Waals surface area contributed by atoms with Gasteiger partial charge in [0.15, 0.2) is 0 Å². The van der Waals surface area contributed by atoms with Gasteiger partial charge >= 0.3 is 0 Å². The van der Waals surface area contributed by atoms with Crippen molar-refractivity contribution in [1.82, 2.24) is 0 Å². The zero-order chi connectivity index (χ0) is 11.8. The van der Waals surface area contributed by atoms with E-state index >= 15 is 0 Å². The molecule has 1 saturated heterocycles. The number of ether oxygens (including phenoxy) is 1. The Kier molecular flexibility index (Phi) is 3.63. The average molecular weight is 224 g/mol. The van der Waals surface area contributed by atoms with Gasteiger partial charge in [0.25, 0.3) is 0 Å². The van der Waals surface area contributed by atoms with Crippen LogP contribution in [0, 0.1) is 29.1 Å². The van der Waals surface area contributed by atoms with Crippen molar-refractivity contribution >= 4 is 0 Å². The fraction of sp³-hybridized carbons (Fsp3) is 1.00. The maximum absolute atomic E-state index is 5.55. The van der Waals surface area contributed by atoms with Gasteiger partial charge in [0.05, 0.1) is 13.2 Å². The lowest BCUT2D eigenvalue weighted by Crippen LogP contribution is -2.53. The van der Waals surface area contributed by atoms with Crippen LogP contribution in [0.2, 0.25) is 0 Å². The van der Waals surface area contributed by atoms with E-state index in [0.29, 0.717) is 5.41 Å². The highest BCUT2D eigenvalue weighted by Gasteiger charge is 2.49. The van der Waals surface area contributed by atoms with Gasteiger partial charge in [0, 0.05) is 5.41 Å². The molecule has 2 unspecified atom stereocenters. The maximum Gasteiger partial charge on any atom is 0.0547 e. The van der Waals surface area contributed by atoms with Crippen molar-refractivity contribution in [3.05, 3.63) is 0 Å². The van der Waals surface area contributed by atoms with E-state index < -0.39 is 0 Å². The fourth-order valence-electron chi connectivity index (χ4n) is 4.15. The molecule has 2 atom stereocenters. The summed E-state index contributed by atoms with van der Waals surface area (Å²) in [7, 11) is 0. The maximum atomic E-state index is 5.55. The highest BCUT2D eigenvalue weighted by molar-refractivity contribution is 4.97. The second kappa shape index (κ2) is 4.68. The van der Waals surface area contributed by atoms with Crippen LogP contribution in [0.25, 0.3) is 0 Å². The van der Waals surface area contributed by atoms with Gasteiger partial charge in [-0.3, -0.25) is 0 Å². The van der Waals surface area contributed by atoms with E-state index in [2.05, 4.69) is 27.7 Å². The Morgan fingerprint density at radius 2 is 1.81 bits per heavy atom. The van der Waals surface area contributed by atoms with Gasteiger partial charge in [-0.15, -0.1) is 0 Å². The molecule has 1 saturated carbocycles. The Hall–Kier alpha value is -0.0400. The zero-order valence-corrected chi connectivity index (χ0v) is 11.5. The Balaban J connectivity index is 1.99. The van der Waals surface area contributed by atoms with Crippen LogP contribution in [-0.4, -0.2) is 13.2 Å². The van der Waals surface area contributed by atoms with Gasteiger partial charge in [-0.05, 0) is 42.9 Å². The first-order chi connectivity index (χ1) is 7.53. The van der Waals surface area contributed by atoms with Crippen LogP contribution in [0.3, 0.4) is 0 Å². The molecule has 2 rings (SSSR count). The lowest BCUT2D eigenvalue weighted by atomic mass is 9.58. The van der Waals surface area contributed by atoms with E-state index in [1.54, 1.807) is 0 Å². The standard InChI is InChI=1S/C15H28O/c1-11(2)7-13-5-6-14(12(3)4)15(8-13)9-16-10-15/h11-14H,5-10H2,1-4H3. The molecule has 1 aliphatic carbocycles. The molecule has 2 aliphatic rings. The lowest BCUT2D eigenvalue weighted by Gasteiger charge is -2.54. The molecule has 1 nitrogen and oxygen atoms in total. The molecule has 94 valence electrons. The quantitative estimate of drug-likeness (QED) is 0.700. The summed E-state index contributed by atoms with van der Waals surface area (Å²) in [5.74, 6) is 3.59. The molecule has 1 aliphatic heterocycles. The molecular formula is C15H28O. The molecule has 1 heteroatoms. The van der Waals surface area contributed by atoms with Crippen LogP contribution in [0.4, 0.5) is 0 Å². The van der Waals surface area contributed by atoms with Gasteiger partial charge in [0.2, 0.25) is 0 Å². The van der Waals surface area contributed by atoms with Gasteiger partial charge in [-0.2, -0.15) is 0 Å². The average Bonchev–Trinajstić information content (AvgIpc) is 2.13. The number of hydrogen-bond donors (Lipinski definition) is 0. The van der Waals surface area contributed by atoms with E-state index in [4.69, 9.17) is 4.74 Å². The van der Waals surface area contributed by atoms with Crippen molar-refractivity contribution in [3.63, 3.8) is 0 Å². The first kappa shape index (κ1) is 12.4. The van der Waals surface area contributed by atoms with Gasteiger partial charge in [-0.25, -0.2) is 0 Å². The summed E-state index contributed by atoms with van der Waals surface area (Å²) in [4.78, 5) is 0. The molecule has 0 amide bonds. The molecule has 1 heterocycles. The van der Waals surface area contributed by atoms with Gasteiger partial charge in [0.1, 0.15) is 0 Å². The van der Waals surface area contributed by atoms with Crippen LogP contribution in [-0.2, 0) is 4.74 Å². The molecule has 0 N–H and O–H groups in total. The van der Waals surface area contributed by atoms with E-state index in [-0.39, 0.29) is 0 Å². The highest BCUT2D eigenvalue weighted by atomic mass is 16.5. The van der Waals surface area contributed by atoms with Gasteiger partial charge < -0.3 is 4.74 Å². The zero-order valence-electron chi connectivity index (χ0n) is 11.5. The Labute approximate surface area is 101 Å². The van der Waals surface area contributed by atoms with E-state index in [9.17, 15) is 0 Å². The number of rotatable bonds is 3. The molecule has 0 radical (unpaired) electrons. The minimum absolute atomic E-state index is 0.575. The summed E-state index contributed by atoms with van der Waals surface area (Å²) in [5, 5.41) is 0. The fourth-order valence-corrected chi connectivity index (χ4v) is 4.15. The van der Waals surface area contributed by atoms with Crippen LogP contribution in [0.1, 0.15) is 53.4 Å². The van der Waals surface area contributed by atoms with Gasteiger partial charge in [-0.1, -0.05) is 34.1 Å². The van der Waals surface area contributed by atoms with Crippen LogP contribution >= 0.6 is 0 Å². The molecule has 2 fully saturated rings. The highest BCUT2D eigenvalue weighted by Crippen LogP contribution is 2.52. The normalized spacial score (nSPS) is 33.4. The van der Waals surface area contributed by atoms with Crippen molar-refractivity contribution in [3.8, 4) is 0 Å². The summed E-state index contributed by atoms with van der Waals surface area (Å²) >= 11 is 0. The molecule has 0 bridgehead atoms. The second-order valence-corrected chi connectivity index (χ2v) is 6.98. The predicted molar refractivity (Wildman–Crippen MR) is 68.4 cm³/mol. The van der Waals surface area contributed by atoms with Crippen LogP contribution < -0.4 is 0 Å². The summed E-state index contributed by atoms with van der Waals surface area (Å²) < 4.78 is 5.55. The van der Waals surface area contributed by atoms with Crippen molar-refractivity contribution in [1.29, 1.82) is 0 Å². The molecule has 16 heavy (non-hydrogen) atoms. The lowest BCUT2D eigenvalue weighted by molar-refractivity contribution is -0.182. The summed E-state index contributed by atoms with van der Waals surface area (Å²) in [6.07, 6.45) is 5.77. The molecule has 0 aromatic carbocycles. The van der Waals surface area contributed by atoms with E-state index in [0.717, 1.165) is 36.9 Å². The Morgan fingerprint density at radius 3 is 2.25 bits per heavy atom. The smallest absolute Gasteiger partial charge is 0.0547 e. The van der Waals surface area contributed by atoms with Crippen LogP contribution in [0.5, 0.6) is 0 Å². The van der Waals surface area contributed by atoms with Crippen molar-refractivity contribution in [2.24, 2.45) is 29.1 Å². The third kappa shape index (κ3) is 2.30. The first-order valence-corrected chi connectivity index (χ1v) is 7.11. The Bertz CT molecular complexity index is 228. The largest absolute Gasteiger partial charge is 0.380 e. The first-order valence-electron chi connectivity index (χ1n) is 7.11. The number of hydrogen-bond acceptors (Lipinski definition) is 1. The van der Waals surface area contributed by atoms with Crippen molar-refractivity contribution in [2.75, 3.05) is 13.2 Å². The Morgan fingerprint density at radius 1 is 1.12 bits per heavy atom. The third-order valence-electron chi connectivity index (χ3n) is 4.76. The SMILES string of the molecule is CC(C)CC1CCC(C(C)C)C2(COC2)C1. The van der Waals surface area contributed by atoms with Crippen molar-refractivity contribution < 1.29 is 4.74 Å². The third-order valence-corrected chi connectivity index (χ3v) is 4.76. The van der Waals surface area contributed by atoms with Crippen LogP contribution in [0.15, 0.2) is 0 Å². The predicted octanol–water partition coefficient (Wildman–Crippen LogP) is 4.12. The molecule has 0 aromatic rings. The molecular weight excluding hydrogens is 196 g/mol. The van der Waals surface area contributed by atoms with E-state index in [1.165, 1.54) is 25.7 Å². The minimum Gasteiger partial charge on any atom is -0.380 e.